The number of hydrogen-bond donors (Lipinski definition) is 2. The van der Waals surface area contributed by atoms with Gasteiger partial charge in [0.1, 0.15) is 0 Å². The third-order valence-electron chi connectivity index (χ3n) is 3.89. The number of aromatic amines is 1. The Bertz CT molecular complexity index is 845. The van der Waals surface area contributed by atoms with E-state index in [1.165, 1.54) is 23.1 Å². The molecule has 146 valence electrons. The van der Waals surface area contributed by atoms with Gasteiger partial charge in [-0.2, -0.15) is 5.10 Å². The SMILES string of the molecule is O=C(CSc1n[nH]c(=S)s1)NCC1CN(Cc2ccc(Cl)c(Cl)c2)CCO1. The fourth-order valence-corrected chi connectivity index (χ4v) is 4.86. The van der Waals surface area contributed by atoms with Crippen LogP contribution in [0.4, 0.5) is 0 Å². The molecule has 1 saturated heterocycles. The number of H-pyrrole nitrogens is 1. The van der Waals surface area contributed by atoms with Gasteiger partial charge in [-0.15, -0.1) is 0 Å². The van der Waals surface area contributed by atoms with Crippen molar-refractivity contribution in [1.82, 2.24) is 20.4 Å². The van der Waals surface area contributed by atoms with Gasteiger partial charge >= 0.3 is 0 Å². The second-order valence-corrected chi connectivity index (χ2v) is 9.65. The van der Waals surface area contributed by atoms with Crippen LogP contribution in [-0.2, 0) is 16.1 Å². The maximum absolute atomic E-state index is 12.0. The molecular formula is C16H18Cl2N4O2S3. The van der Waals surface area contributed by atoms with Crippen molar-refractivity contribution in [1.29, 1.82) is 0 Å². The predicted octanol–water partition coefficient (Wildman–Crippen LogP) is 3.62. The molecule has 6 nitrogen and oxygen atoms in total. The van der Waals surface area contributed by atoms with E-state index in [0.29, 0.717) is 32.9 Å². The normalized spacial score (nSPS) is 17.8. The second kappa shape index (κ2) is 10.2. The maximum Gasteiger partial charge on any atom is 0.230 e. The van der Waals surface area contributed by atoms with E-state index in [1.54, 1.807) is 0 Å². The summed E-state index contributed by atoms with van der Waals surface area (Å²) in [5, 5.41) is 10.8. The van der Waals surface area contributed by atoms with Gasteiger partial charge in [-0.1, -0.05) is 52.4 Å². The van der Waals surface area contributed by atoms with Gasteiger partial charge in [0, 0.05) is 26.2 Å². The fraction of sp³-hybridized carbons (Fsp3) is 0.438. The lowest BCUT2D eigenvalue weighted by molar-refractivity contribution is -0.119. The first kappa shape index (κ1) is 21.0. The van der Waals surface area contributed by atoms with Crippen LogP contribution in [0.3, 0.4) is 0 Å². The van der Waals surface area contributed by atoms with Crippen LogP contribution in [0.15, 0.2) is 22.5 Å². The van der Waals surface area contributed by atoms with Gasteiger partial charge in [-0.25, -0.2) is 0 Å². The molecule has 0 radical (unpaired) electrons. The largest absolute Gasteiger partial charge is 0.374 e. The van der Waals surface area contributed by atoms with Crippen LogP contribution in [0.1, 0.15) is 5.56 Å². The summed E-state index contributed by atoms with van der Waals surface area (Å²) in [5.41, 5.74) is 1.10. The van der Waals surface area contributed by atoms with E-state index in [9.17, 15) is 4.79 Å². The number of carbonyl (C=O) groups is 1. The number of hydrogen-bond acceptors (Lipinski definition) is 7. The van der Waals surface area contributed by atoms with Crippen LogP contribution in [-0.4, -0.2) is 59.1 Å². The number of benzene rings is 1. The molecule has 0 saturated carbocycles. The molecule has 0 aliphatic carbocycles. The molecule has 2 aromatic rings. The number of amides is 1. The second-order valence-electron chi connectivity index (χ2n) is 5.95. The number of aromatic nitrogens is 2. The molecule has 1 aliphatic heterocycles. The number of morpholine rings is 1. The lowest BCUT2D eigenvalue weighted by atomic mass is 10.2. The molecule has 0 bridgehead atoms. The minimum atomic E-state index is -0.0497. The van der Waals surface area contributed by atoms with E-state index in [4.69, 9.17) is 40.2 Å². The van der Waals surface area contributed by atoms with Crippen LogP contribution in [0.5, 0.6) is 0 Å². The molecule has 3 rings (SSSR count). The molecule has 11 heteroatoms. The van der Waals surface area contributed by atoms with Crippen molar-refractivity contribution in [3.63, 3.8) is 0 Å². The van der Waals surface area contributed by atoms with E-state index >= 15 is 0 Å². The molecule has 1 aliphatic rings. The van der Waals surface area contributed by atoms with Crippen LogP contribution in [0, 0.1) is 3.95 Å². The first-order chi connectivity index (χ1) is 13.0. The van der Waals surface area contributed by atoms with Crippen molar-refractivity contribution < 1.29 is 9.53 Å². The van der Waals surface area contributed by atoms with Crippen molar-refractivity contribution in [3.05, 3.63) is 37.8 Å². The lowest BCUT2D eigenvalue weighted by Gasteiger charge is -2.33. The maximum atomic E-state index is 12.0. The molecule has 0 spiro atoms. The summed E-state index contributed by atoms with van der Waals surface area (Å²) in [4.78, 5) is 14.3. The van der Waals surface area contributed by atoms with Gasteiger partial charge < -0.3 is 10.1 Å². The number of thioether (sulfide) groups is 1. The number of ether oxygens (including phenoxy) is 1. The highest BCUT2D eigenvalue weighted by Gasteiger charge is 2.21. The Labute approximate surface area is 180 Å². The Hall–Kier alpha value is -0.680. The van der Waals surface area contributed by atoms with Crippen LogP contribution in [0.2, 0.25) is 10.0 Å². The van der Waals surface area contributed by atoms with Gasteiger partial charge in [0.15, 0.2) is 8.29 Å². The minimum absolute atomic E-state index is 0.0390. The summed E-state index contributed by atoms with van der Waals surface area (Å²) < 4.78 is 7.13. The van der Waals surface area contributed by atoms with Crippen LogP contribution >= 0.6 is 58.5 Å². The summed E-state index contributed by atoms with van der Waals surface area (Å²) in [6.45, 7) is 3.46. The van der Waals surface area contributed by atoms with E-state index in [-0.39, 0.29) is 12.0 Å². The molecule has 27 heavy (non-hydrogen) atoms. The van der Waals surface area contributed by atoms with Crippen LogP contribution in [0.25, 0.3) is 0 Å². The molecule has 1 aromatic heterocycles. The zero-order valence-corrected chi connectivity index (χ0v) is 18.2. The molecule has 1 aromatic carbocycles. The molecule has 2 N–H and O–H groups in total. The first-order valence-electron chi connectivity index (χ1n) is 8.22. The van der Waals surface area contributed by atoms with Gasteiger partial charge in [0.05, 0.1) is 28.5 Å². The Balaban J connectivity index is 1.41. The van der Waals surface area contributed by atoms with E-state index in [0.717, 1.165) is 29.5 Å². The van der Waals surface area contributed by atoms with Crippen molar-refractivity contribution >= 4 is 64.4 Å². The van der Waals surface area contributed by atoms with E-state index in [1.807, 2.05) is 18.2 Å². The average molecular weight is 465 g/mol. The molecular weight excluding hydrogens is 447 g/mol. The number of nitrogens with zero attached hydrogens (tertiary/aromatic N) is 2. The fourth-order valence-electron chi connectivity index (χ4n) is 2.63. The number of carbonyl (C=O) groups excluding carboxylic acids is 1. The Morgan fingerprint density at radius 3 is 3.07 bits per heavy atom. The Morgan fingerprint density at radius 1 is 1.48 bits per heavy atom. The molecule has 1 fully saturated rings. The monoisotopic (exact) mass is 464 g/mol. The molecule has 1 amide bonds. The quantitative estimate of drug-likeness (QED) is 0.481. The number of rotatable bonds is 7. The van der Waals surface area contributed by atoms with Gasteiger partial charge in [-0.05, 0) is 29.9 Å². The van der Waals surface area contributed by atoms with E-state index in [2.05, 4.69) is 20.4 Å². The molecule has 1 unspecified atom stereocenters. The predicted molar refractivity (Wildman–Crippen MR) is 113 cm³/mol. The highest BCUT2D eigenvalue weighted by Crippen LogP contribution is 2.23. The average Bonchev–Trinajstić information content (AvgIpc) is 3.07. The number of nitrogens with one attached hydrogen (secondary N) is 2. The van der Waals surface area contributed by atoms with Crippen LogP contribution < -0.4 is 5.32 Å². The van der Waals surface area contributed by atoms with Gasteiger partial charge in [0.25, 0.3) is 0 Å². The topological polar surface area (TPSA) is 70.2 Å². The van der Waals surface area contributed by atoms with Crippen molar-refractivity contribution in [3.8, 4) is 0 Å². The Morgan fingerprint density at radius 2 is 2.33 bits per heavy atom. The smallest absolute Gasteiger partial charge is 0.230 e. The Kier molecular flexibility index (Phi) is 7.95. The lowest BCUT2D eigenvalue weighted by Crippen LogP contribution is -2.47. The van der Waals surface area contributed by atoms with Gasteiger partial charge in [-0.3, -0.25) is 14.8 Å². The number of halogens is 2. The highest BCUT2D eigenvalue weighted by molar-refractivity contribution is 8.01. The first-order valence-corrected chi connectivity index (χ1v) is 11.2. The van der Waals surface area contributed by atoms with Crippen molar-refractivity contribution in [2.75, 3.05) is 32.0 Å². The molecule has 1 atom stereocenters. The third-order valence-corrected chi connectivity index (χ3v) is 6.86. The summed E-state index contributed by atoms with van der Waals surface area (Å²) >= 11 is 19.7. The summed E-state index contributed by atoms with van der Waals surface area (Å²) in [6.07, 6.45) is -0.0390. The highest BCUT2D eigenvalue weighted by atomic mass is 35.5. The van der Waals surface area contributed by atoms with E-state index < -0.39 is 0 Å². The van der Waals surface area contributed by atoms with Gasteiger partial charge in [0.2, 0.25) is 5.91 Å². The summed E-state index contributed by atoms with van der Waals surface area (Å²) in [5.74, 6) is 0.252. The van der Waals surface area contributed by atoms with Crippen molar-refractivity contribution in [2.24, 2.45) is 0 Å². The van der Waals surface area contributed by atoms with Crippen molar-refractivity contribution in [2.45, 2.75) is 17.0 Å². The minimum Gasteiger partial charge on any atom is -0.374 e. The summed E-state index contributed by atoms with van der Waals surface area (Å²) in [7, 11) is 0. The third kappa shape index (κ3) is 6.70. The standard InChI is InChI=1S/C16H18Cl2N4O2S3/c17-12-2-1-10(5-13(12)18)7-22-3-4-24-11(8-22)6-19-14(23)9-26-16-21-20-15(25)27-16/h1-2,5,11H,3-4,6-9H2,(H,19,23)(H,20,25). The molecule has 2 heterocycles. The zero-order chi connectivity index (χ0) is 19.2. The zero-order valence-electron chi connectivity index (χ0n) is 14.2. The summed E-state index contributed by atoms with van der Waals surface area (Å²) in [6, 6.07) is 5.67.